The number of hydrogen-bond acceptors (Lipinski definition) is 3. The molecule has 1 saturated carbocycles. The number of hydrogen-bond donors (Lipinski definition) is 1. The summed E-state index contributed by atoms with van der Waals surface area (Å²) in [6.45, 7) is 1.33. The third kappa shape index (κ3) is 3.96. The number of piperidine rings is 1. The molecule has 4 nitrogen and oxygen atoms in total. The molecule has 1 amide bonds. The van der Waals surface area contributed by atoms with Crippen LogP contribution in [0.5, 0.6) is 0 Å². The predicted octanol–water partition coefficient (Wildman–Crippen LogP) is 3.32. The van der Waals surface area contributed by atoms with Crippen molar-refractivity contribution in [3.05, 3.63) is 71.8 Å². The fourth-order valence-corrected chi connectivity index (χ4v) is 4.59. The Bertz CT molecular complexity index is 791. The van der Waals surface area contributed by atoms with Crippen LogP contribution < -0.4 is 5.32 Å². The van der Waals surface area contributed by atoms with Crippen LogP contribution >= 0.6 is 0 Å². The lowest BCUT2D eigenvalue weighted by Gasteiger charge is -2.47. The van der Waals surface area contributed by atoms with E-state index in [0.29, 0.717) is 13.0 Å². The fourth-order valence-electron chi connectivity index (χ4n) is 4.59. The number of nitrogens with one attached hydrogen (secondary N) is 1. The van der Waals surface area contributed by atoms with Crippen molar-refractivity contribution in [2.45, 2.75) is 50.9 Å². The summed E-state index contributed by atoms with van der Waals surface area (Å²) in [5.41, 5.74) is 2.33. The normalized spacial score (nSPS) is 25.3. The lowest BCUT2D eigenvalue weighted by molar-refractivity contribution is -0.154. The van der Waals surface area contributed by atoms with Gasteiger partial charge in [0.15, 0.2) is 0 Å². The molecule has 1 N–H and O–H groups in total. The summed E-state index contributed by atoms with van der Waals surface area (Å²) >= 11 is 0. The van der Waals surface area contributed by atoms with E-state index in [1.165, 1.54) is 5.56 Å². The van der Waals surface area contributed by atoms with Crippen LogP contribution in [0.25, 0.3) is 0 Å². The van der Waals surface area contributed by atoms with Crippen LogP contribution in [-0.2, 0) is 22.7 Å². The van der Waals surface area contributed by atoms with Gasteiger partial charge in [-0.05, 0) is 30.4 Å². The largest absolute Gasteiger partial charge is 0.328 e. The minimum absolute atomic E-state index is 0.150. The first-order chi connectivity index (χ1) is 13.2. The van der Waals surface area contributed by atoms with Crippen molar-refractivity contribution < 1.29 is 9.59 Å². The van der Waals surface area contributed by atoms with E-state index in [4.69, 9.17) is 0 Å². The maximum atomic E-state index is 12.6. The van der Waals surface area contributed by atoms with Gasteiger partial charge >= 0.3 is 0 Å². The summed E-state index contributed by atoms with van der Waals surface area (Å²) in [5, 5.41) is 3.67. The summed E-state index contributed by atoms with van der Waals surface area (Å²) in [7, 11) is 0. The summed E-state index contributed by atoms with van der Waals surface area (Å²) < 4.78 is 0. The molecule has 0 unspecified atom stereocenters. The number of likely N-dealkylation sites (tertiary alicyclic amines) is 1. The zero-order valence-corrected chi connectivity index (χ0v) is 15.5. The average Bonchev–Trinajstić information content (AvgIpc) is 2.71. The van der Waals surface area contributed by atoms with Gasteiger partial charge in [0.25, 0.3) is 5.91 Å². The van der Waals surface area contributed by atoms with Gasteiger partial charge in [-0.15, -0.1) is 0 Å². The van der Waals surface area contributed by atoms with Gasteiger partial charge in [0.1, 0.15) is 0 Å². The summed E-state index contributed by atoms with van der Waals surface area (Å²) in [6, 6.07) is 20.8. The molecule has 3 atom stereocenters. The minimum atomic E-state index is -0.302. The molecule has 4 heteroatoms. The van der Waals surface area contributed by atoms with E-state index in [1.54, 1.807) is 0 Å². The Balaban J connectivity index is 1.50. The Labute approximate surface area is 160 Å². The van der Waals surface area contributed by atoms with Crippen LogP contribution in [0.4, 0.5) is 0 Å². The number of benzene rings is 2. The van der Waals surface area contributed by atoms with Crippen molar-refractivity contribution in [2.75, 3.05) is 0 Å². The van der Waals surface area contributed by atoms with Crippen molar-refractivity contribution in [2.24, 2.45) is 5.92 Å². The second-order valence-electron chi connectivity index (χ2n) is 7.68. The predicted molar refractivity (Wildman–Crippen MR) is 105 cm³/mol. The van der Waals surface area contributed by atoms with E-state index >= 15 is 0 Å². The van der Waals surface area contributed by atoms with Crippen LogP contribution in [0.1, 0.15) is 36.8 Å². The molecule has 27 heavy (non-hydrogen) atoms. The number of carbonyl (C=O) groups is 2. The summed E-state index contributed by atoms with van der Waals surface area (Å²) in [4.78, 5) is 26.9. The lowest BCUT2D eigenvalue weighted by Crippen LogP contribution is -2.59. The van der Waals surface area contributed by atoms with Crippen LogP contribution in [0.3, 0.4) is 0 Å². The molecular formula is C23H26N2O2. The van der Waals surface area contributed by atoms with E-state index in [-0.39, 0.29) is 29.7 Å². The first kappa shape index (κ1) is 17.9. The maximum Gasteiger partial charge on any atom is 0.290 e. The molecule has 2 fully saturated rings. The van der Waals surface area contributed by atoms with Gasteiger partial charge in [-0.25, -0.2) is 0 Å². The molecular weight excluding hydrogens is 336 g/mol. The average molecular weight is 362 g/mol. The van der Waals surface area contributed by atoms with Gasteiger partial charge in [-0.1, -0.05) is 60.7 Å². The van der Waals surface area contributed by atoms with Crippen molar-refractivity contribution in [3.63, 3.8) is 0 Å². The van der Waals surface area contributed by atoms with Crippen molar-refractivity contribution in [1.29, 1.82) is 0 Å². The van der Waals surface area contributed by atoms with Gasteiger partial charge in [-0.3, -0.25) is 9.59 Å². The molecule has 140 valence electrons. The fraction of sp³-hybridized carbons (Fsp3) is 0.391. The standard InChI is InChI=1S/C23H26N2O2/c26-22-14-19-20(24-15-17-8-3-1-4-9-17)12-7-13-21(19)25(23(22)27)16-18-10-5-2-6-11-18/h1-6,8-11,19-21,24H,7,12-16H2/t19-,20+,21-/m0/s1. The topological polar surface area (TPSA) is 49.4 Å². The molecule has 1 saturated heterocycles. The highest BCUT2D eigenvalue weighted by atomic mass is 16.2. The van der Waals surface area contributed by atoms with Crippen molar-refractivity contribution in [1.82, 2.24) is 10.2 Å². The number of nitrogens with zero attached hydrogens (tertiary/aromatic N) is 1. The molecule has 2 aromatic carbocycles. The lowest BCUT2D eigenvalue weighted by atomic mass is 9.74. The van der Waals surface area contributed by atoms with Gasteiger partial charge < -0.3 is 10.2 Å². The quantitative estimate of drug-likeness (QED) is 0.830. The van der Waals surface area contributed by atoms with E-state index in [1.807, 2.05) is 53.4 Å². The molecule has 1 heterocycles. The van der Waals surface area contributed by atoms with Gasteiger partial charge in [0.05, 0.1) is 0 Å². The van der Waals surface area contributed by atoms with Crippen molar-refractivity contribution >= 4 is 11.7 Å². The molecule has 0 spiro atoms. The molecule has 0 aromatic heterocycles. The first-order valence-electron chi connectivity index (χ1n) is 9.87. The van der Waals surface area contributed by atoms with Crippen LogP contribution in [0, 0.1) is 5.92 Å². The van der Waals surface area contributed by atoms with Crippen LogP contribution in [-0.4, -0.2) is 28.7 Å². The van der Waals surface area contributed by atoms with Gasteiger partial charge in [-0.2, -0.15) is 0 Å². The number of ketones is 1. The van der Waals surface area contributed by atoms with E-state index in [0.717, 1.165) is 31.4 Å². The maximum absolute atomic E-state index is 12.6. The monoisotopic (exact) mass is 362 g/mol. The highest BCUT2D eigenvalue weighted by Crippen LogP contribution is 2.36. The molecule has 2 aromatic rings. The highest BCUT2D eigenvalue weighted by Gasteiger charge is 2.45. The molecule has 0 bridgehead atoms. The molecule has 1 aliphatic heterocycles. The molecule has 0 radical (unpaired) electrons. The SMILES string of the molecule is O=C1C[C@H]2[C@H](NCc3ccccc3)CCC[C@@H]2N(Cc2ccccc2)C1=O. The van der Waals surface area contributed by atoms with E-state index in [9.17, 15) is 9.59 Å². The zero-order valence-electron chi connectivity index (χ0n) is 15.5. The highest BCUT2D eigenvalue weighted by molar-refractivity contribution is 6.36. The van der Waals surface area contributed by atoms with E-state index in [2.05, 4.69) is 17.4 Å². The number of fused-ring (bicyclic) bond motifs is 1. The molecule has 1 aliphatic carbocycles. The second-order valence-corrected chi connectivity index (χ2v) is 7.68. The number of carbonyl (C=O) groups excluding carboxylic acids is 2. The Hall–Kier alpha value is -2.46. The second kappa shape index (κ2) is 8.05. The summed E-state index contributed by atoms with van der Waals surface area (Å²) in [5.74, 6) is -0.333. The Morgan fingerprint density at radius 2 is 1.56 bits per heavy atom. The number of rotatable bonds is 5. The molecule has 4 rings (SSSR count). The van der Waals surface area contributed by atoms with Crippen molar-refractivity contribution in [3.8, 4) is 0 Å². The van der Waals surface area contributed by atoms with Crippen LogP contribution in [0.2, 0.25) is 0 Å². The summed E-state index contributed by atoms with van der Waals surface area (Å²) in [6.07, 6.45) is 3.51. The Morgan fingerprint density at radius 1 is 0.889 bits per heavy atom. The number of amides is 1. The van der Waals surface area contributed by atoms with E-state index < -0.39 is 0 Å². The minimum Gasteiger partial charge on any atom is -0.328 e. The third-order valence-electron chi connectivity index (χ3n) is 5.95. The smallest absolute Gasteiger partial charge is 0.290 e. The zero-order chi connectivity index (χ0) is 18.6. The van der Waals surface area contributed by atoms with Crippen LogP contribution in [0.15, 0.2) is 60.7 Å². The molecule has 2 aliphatic rings. The Morgan fingerprint density at radius 3 is 2.26 bits per heavy atom. The van der Waals surface area contributed by atoms with Gasteiger partial charge in [0.2, 0.25) is 5.78 Å². The Kier molecular flexibility index (Phi) is 5.35. The first-order valence-corrected chi connectivity index (χ1v) is 9.87. The third-order valence-corrected chi connectivity index (χ3v) is 5.95. The van der Waals surface area contributed by atoms with Gasteiger partial charge in [0, 0.05) is 37.5 Å². The number of Topliss-reactive ketones (excluding diaryl/α,β-unsaturated/α-hetero) is 1.